The largest absolute Gasteiger partial charge is 0.466 e. The Labute approximate surface area is 450 Å². The first-order chi connectivity index (χ1) is 35.5. The number of nitrogens with one attached hydrogen (secondary N) is 1. The van der Waals surface area contributed by atoms with Gasteiger partial charge in [-0.3, -0.25) is 9.59 Å². The summed E-state index contributed by atoms with van der Waals surface area (Å²) >= 11 is 0. The minimum atomic E-state index is -0.671. The molecule has 0 heterocycles. The van der Waals surface area contributed by atoms with E-state index in [0.29, 0.717) is 25.9 Å². The number of unbranched alkanes of at least 4 members (excludes halogenated alkanes) is 46. The topological polar surface area (TPSA) is 95.9 Å². The quantitative estimate of drug-likeness (QED) is 0.0320. The minimum Gasteiger partial charge on any atom is -0.466 e. The lowest BCUT2D eigenvalue weighted by Crippen LogP contribution is -2.45. The Morgan fingerprint density at radius 2 is 0.694 bits per heavy atom. The van der Waals surface area contributed by atoms with Crippen LogP contribution in [-0.4, -0.2) is 47.4 Å². The molecule has 3 N–H and O–H groups in total. The van der Waals surface area contributed by atoms with E-state index in [4.69, 9.17) is 4.74 Å². The highest BCUT2D eigenvalue weighted by molar-refractivity contribution is 5.76. The fourth-order valence-corrected chi connectivity index (χ4v) is 10.3. The summed E-state index contributed by atoms with van der Waals surface area (Å²) in [5.41, 5.74) is 0. The Bertz CT molecular complexity index is 1120. The lowest BCUT2D eigenvalue weighted by molar-refractivity contribution is -0.143. The van der Waals surface area contributed by atoms with Gasteiger partial charge in [0.1, 0.15) is 0 Å². The van der Waals surface area contributed by atoms with Gasteiger partial charge in [-0.05, 0) is 57.8 Å². The first-order valence-electron chi connectivity index (χ1n) is 32.6. The van der Waals surface area contributed by atoms with Crippen LogP contribution >= 0.6 is 0 Å². The van der Waals surface area contributed by atoms with Crippen molar-refractivity contribution in [2.45, 2.75) is 373 Å². The highest BCUT2D eigenvalue weighted by atomic mass is 16.5. The maximum atomic E-state index is 12.5. The Kier molecular flexibility index (Phi) is 60.5. The number of aliphatic hydroxyl groups is 2. The SMILES string of the molecule is CCCCCCCCCCCCCCCCCCC(=O)OCCCCCCCCCCC/C=C\C/C=C\CCCCCCCCCC(=O)NC(CO)C(O)CCCCCCCCCCCCCCCCCC. The molecule has 6 heteroatoms. The van der Waals surface area contributed by atoms with E-state index in [9.17, 15) is 19.8 Å². The molecule has 72 heavy (non-hydrogen) atoms. The van der Waals surface area contributed by atoms with Gasteiger partial charge in [0.2, 0.25) is 5.91 Å². The molecule has 6 nitrogen and oxygen atoms in total. The molecule has 0 radical (unpaired) electrons. The van der Waals surface area contributed by atoms with Gasteiger partial charge in [-0.25, -0.2) is 0 Å². The van der Waals surface area contributed by atoms with Gasteiger partial charge in [0.25, 0.3) is 0 Å². The highest BCUT2D eigenvalue weighted by Crippen LogP contribution is 2.18. The van der Waals surface area contributed by atoms with Crippen LogP contribution in [0.2, 0.25) is 0 Å². The second-order valence-corrected chi connectivity index (χ2v) is 22.5. The lowest BCUT2D eigenvalue weighted by atomic mass is 10.0. The Balaban J connectivity index is 3.43. The van der Waals surface area contributed by atoms with Crippen LogP contribution in [0.1, 0.15) is 361 Å². The monoisotopic (exact) mass is 1010 g/mol. The number of rotatable bonds is 61. The molecular weight excluding hydrogens is 887 g/mol. The van der Waals surface area contributed by atoms with Crippen LogP contribution in [0, 0.1) is 0 Å². The smallest absolute Gasteiger partial charge is 0.305 e. The standard InChI is InChI=1S/C66H127NO5/c1-3-5-7-9-11-13-15-17-19-30-34-38-42-46-50-54-58-64(69)63(62-68)67-65(70)59-55-51-47-43-39-35-31-28-26-24-22-21-23-25-27-29-33-37-41-45-49-53-57-61-72-66(71)60-56-52-48-44-40-36-32-20-18-16-14-12-10-8-6-4-2/h21,23-24,26,63-64,68-69H,3-20,22,25,27-62H2,1-2H3,(H,67,70)/b23-21-,26-24-. The number of allylic oxidation sites excluding steroid dienone is 4. The molecule has 0 bridgehead atoms. The average Bonchev–Trinajstić information content (AvgIpc) is 3.38. The van der Waals surface area contributed by atoms with Crippen molar-refractivity contribution in [1.29, 1.82) is 0 Å². The maximum Gasteiger partial charge on any atom is 0.305 e. The molecule has 0 aromatic heterocycles. The van der Waals surface area contributed by atoms with E-state index in [2.05, 4.69) is 43.5 Å². The summed E-state index contributed by atoms with van der Waals surface area (Å²) in [6.07, 6.45) is 76.2. The van der Waals surface area contributed by atoms with Crippen LogP contribution in [-0.2, 0) is 14.3 Å². The third kappa shape index (κ3) is 57.6. The van der Waals surface area contributed by atoms with Crippen LogP contribution < -0.4 is 5.32 Å². The molecule has 0 saturated carbocycles. The Morgan fingerprint density at radius 1 is 0.389 bits per heavy atom. The van der Waals surface area contributed by atoms with Crippen molar-refractivity contribution in [3.8, 4) is 0 Å². The molecule has 0 saturated heterocycles. The minimum absolute atomic E-state index is 0.0111. The Hall–Kier alpha value is -1.66. The zero-order valence-electron chi connectivity index (χ0n) is 48.7. The molecule has 0 aliphatic heterocycles. The predicted molar refractivity (Wildman–Crippen MR) is 315 cm³/mol. The van der Waals surface area contributed by atoms with Gasteiger partial charge in [-0.2, -0.15) is 0 Å². The zero-order valence-corrected chi connectivity index (χ0v) is 48.7. The molecule has 426 valence electrons. The number of amides is 1. The first-order valence-corrected chi connectivity index (χ1v) is 32.6. The molecule has 2 atom stereocenters. The molecule has 0 aromatic rings. The van der Waals surface area contributed by atoms with Crippen LogP contribution in [0.15, 0.2) is 24.3 Å². The first kappa shape index (κ1) is 70.3. The number of aliphatic hydroxyl groups excluding tert-OH is 2. The normalized spacial score (nSPS) is 12.7. The lowest BCUT2D eigenvalue weighted by Gasteiger charge is -2.22. The van der Waals surface area contributed by atoms with Gasteiger partial charge in [-0.15, -0.1) is 0 Å². The molecule has 1 amide bonds. The van der Waals surface area contributed by atoms with E-state index in [1.54, 1.807) is 0 Å². The molecule has 0 fully saturated rings. The predicted octanol–water partition coefficient (Wildman–Crippen LogP) is 20.6. The summed E-state index contributed by atoms with van der Waals surface area (Å²) in [5.74, 6) is -0.0319. The number of carbonyl (C=O) groups excluding carboxylic acids is 2. The fraction of sp³-hybridized carbons (Fsp3) is 0.909. The van der Waals surface area contributed by atoms with Gasteiger partial charge in [0, 0.05) is 12.8 Å². The Morgan fingerprint density at radius 3 is 1.06 bits per heavy atom. The summed E-state index contributed by atoms with van der Waals surface area (Å²) in [6.45, 7) is 4.97. The van der Waals surface area contributed by atoms with Crippen molar-refractivity contribution >= 4 is 11.9 Å². The zero-order chi connectivity index (χ0) is 52.2. The molecular formula is C66H127NO5. The van der Waals surface area contributed by atoms with Crippen LogP contribution in [0.3, 0.4) is 0 Å². The van der Waals surface area contributed by atoms with Gasteiger partial charge in [-0.1, -0.05) is 314 Å². The number of hydrogen-bond donors (Lipinski definition) is 3. The van der Waals surface area contributed by atoms with E-state index < -0.39 is 12.1 Å². The van der Waals surface area contributed by atoms with Crippen molar-refractivity contribution in [2.75, 3.05) is 13.2 Å². The fourth-order valence-electron chi connectivity index (χ4n) is 10.3. The second kappa shape index (κ2) is 61.9. The third-order valence-corrected chi connectivity index (χ3v) is 15.3. The van der Waals surface area contributed by atoms with E-state index in [1.165, 1.54) is 283 Å². The molecule has 0 aliphatic rings. The van der Waals surface area contributed by atoms with Crippen LogP contribution in [0.4, 0.5) is 0 Å². The maximum absolute atomic E-state index is 12.5. The number of esters is 1. The highest BCUT2D eigenvalue weighted by Gasteiger charge is 2.20. The van der Waals surface area contributed by atoms with Crippen molar-refractivity contribution in [1.82, 2.24) is 5.32 Å². The van der Waals surface area contributed by atoms with Crippen LogP contribution in [0.25, 0.3) is 0 Å². The van der Waals surface area contributed by atoms with E-state index in [0.717, 1.165) is 44.9 Å². The summed E-state index contributed by atoms with van der Waals surface area (Å²) in [5, 5.41) is 23.3. The molecule has 2 unspecified atom stereocenters. The van der Waals surface area contributed by atoms with E-state index >= 15 is 0 Å². The van der Waals surface area contributed by atoms with Crippen molar-refractivity contribution in [3.05, 3.63) is 24.3 Å². The average molecular weight is 1010 g/mol. The molecule has 0 rings (SSSR count). The van der Waals surface area contributed by atoms with Gasteiger partial charge in [0.05, 0.1) is 25.4 Å². The number of hydrogen-bond acceptors (Lipinski definition) is 5. The summed E-state index contributed by atoms with van der Waals surface area (Å²) in [4.78, 5) is 24.6. The third-order valence-electron chi connectivity index (χ3n) is 15.3. The van der Waals surface area contributed by atoms with E-state index in [-0.39, 0.29) is 18.5 Å². The van der Waals surface area contributed by atoms with Crippen molar-refractivity contribution in [2.24, 2.45) is 0 Å². The number of carbonyl (C=O) groups is 2. The molecule has 0 aromatic carbocycles. The van der Waals surface area contributed by atoms with E-state index in [1.807, 2.05) is 0 Å². The van der Waals surface area contributed by atoms with Crippen molar-refractivity contribution in [3.63, 3.8) is 0 Å². The van der Waals surface area contributed by atoms with Crippen molar-refractivity contribution < 1.29 is 24.5 Å². The molecule has 0 spiro atoms. The summed E-state index contributed by atoms with van der Waals surface area (Å²) in [7, 11) is 0. The summed E-state index contributed by atoms with van der Waals surface area (Å²) in [6, 6.07) is -0.549. The van der Waals surface area contributed by atoms with Gasteiger partial charge >= 0.3 is 5.97 Å². The van der Waals surface area contributed by atoms with Gasteiger partial charge in [0.15, 0.2) is 0 Å². The van der Waals surface area contributed by atoms with Gasteiger partial charge < -0.3 is 20.3 Å². The number of ether oxygens (including phenoxy) is 1. The second-order valence-electron chi connectivity index (χ2n) is 22.5. The molecule has 0 aliphatic carbocycles. The van der Waals surface area contributed by atoms with Crippen LogP contribution in [0.5, 0.6) is 0 Å². The summed E-state index contributed by atoms with van der Waals surface area (Å²) < 4.78 is 5.49.